The van der Waals surface area contributed by atoms with Crippen LogP contribution in [0.15, 0.2) is 84.1 Å². The molecule has 2 N–H and O–H groups in total. The van der Waals surface area contributed by atoms with Gasteiger partial charge in [-0.3, -0.25) is 4.79 Å². The van der Waals surface area contributed by atoms with Crippen LogP contribution in [-0.4, -0.2) is 35.1 Å². The van der Waals surface area contributed by atoms with Crippen LogP contribution in [0.1, 0.15) is 19.4 Å². The molecule has 0 aliphatic carbocycles. The number of sulfonamides is 1. The molecule has 0 aliphatic heterocycles. The Morgan fingerprint density at radius 1 is 1.00 bits per heavy atom. The molecule has 4 rings (SSSR count). The number of hydrogen-bond acceptors (Lipinski definition) is 5. The topological polar surface area (TPSA) is 106 Å². The minimum atomic E-state index is -3.90. The van der Waals surface area contributed by atoms with Crippen molar-refractivity contribution in [3.05, 3.63) is 84.8 Å². The Morgan fingerprint density at radius 3 is 2.52 bits per heavy atom. The van der Waals surface area contributed by atoms with Crippen molar-refractivity contribution >= 4 is 26.7 Å². The molecule has 170 valence electrons. The zero-order valence-electron chi connectivity index (χ0n) is 18.3. The van der Waals surface area contributed by atoms with E-state index in [1.807, 2.05) is 30.3 Å². The molecular formula is C24H25N5O3S. The van der Waals surface area contributed by atoms with Gasteiger partial charge in [0.2, 0.25) is 15.9 Å². The Labute approximate surface area is 192 Å². The smallest absolute Gasteiger partial charge is 0.241 e. The first kappa shape index (κ1) is 22.6. The van der Waals surface area contributed by atoms with Gasteiger partial charge in [-0.05, 0) is 41.0 Å². The summed E-state index contributed by atoms with van der Waals surface area (Å²) in [5.74, 6) is -0.0787. The van der Waals surface area contributed by atoms with Crippen LogP contribution >= 0.6 is 0 Å². The highest BCUT2D eigenvalue weighted by Crippen LogP contribution is 2.20. The second-order valence-electron chi connectivity index (χ2n) is 8.01. The third-order valence-electron chi connectivity index (χ3n) is 5.30. The fourth-order valence-electron chi connectivity index (χ4n) is 3.52. The summed E-state index contributed by atoms with van der Waals surface area (Å²) in [4.78, 5) is 17.5. The molecule has 0 radical (unpaired) electrons. The number of nitrogens with zero attached hydrogens (tertiary/aromatic N) is 3. The fourth-order valence-corrected chi connectivity index (χ4v) is 4.90. The van der Waals surface area contributed by atoms with E-state index in [9.17, 15) is 13.2 Å². The van der Waals surface area contributed by atoms with Gasteiger partial charge in [0, 0.05) is 30.7 Å². The largest absolute Gasteiger partial charge is 0.350 e. The number of amides is 1. The Morgan fingerprint density at radius 2 is 1.79 bits per heavy atom. The van der Waals surface area contributed by atoms with Crippen LogP contribution in [0.25, 0.3) is 16.6 Å². The first-order valence-electron chi connectivity index (χ1n) is 10.6. The molecule has 0 fully saturated rings. The highest BCUT2D eigenvalue weighted by atomic mass is 32.2. The van der Waals surface area contributed by atoms with Gasteiger partial charge in [-0.25, -0.2) is 18.1 Å². The van der Waals surface area contributed by atoms with Crippen LogP contribution in [-0.2, 0) is 21.4 Å². The summed E-state index contributed by atoms with van der Waals surface area (Å²) in [6.07, 6.45) is 5.06. The molecule has 0 saturated heterocycles. The van der Waals surface area contributed by atoms with Gasteiger partial charge in [-0.2, -0.15) is 9.82 Å². The van der Waals surface area contributed by atoms with Gasteiger partial charge in [0.25, 0.3) is 0 Å². The van der Waals surface area contributed by atoms with Crippen molar-refractivity contribution in [1.82, 2.24) is 24.8 Å². The summed E-state index contributed by atoms with van der Waals surface area (Å²) in [5, 5.41) is 8.79. The van der Waals surface area contributed by atoms with Crippen LogP contribution in [0.4, 0.5) is 0 Å². The predicted molar refractivity (Wildman–Crippen MR) is 126 cm³/mol. The Kier molecular flexibility index (Phi) is 6.52. The van der Waals surface area contributed by atoms with Crippen LogP contribution < -0.4 is 10.0 Å². The Balaban J connectivity index is 1.51. The molecule has 33 heavy (non-hydrogen) atoms. The van der Waals surface area contributed by atoms with E-state index < -0.39 is 22.0 Å². The maximum absolute atomic E-state index is 13.1. The summed E-state index contributed by atoms with van der Waals surface area (Å²) >= 11 is 0. The van der Waals surface area contributed by atoms with Gasteiger partial charge >= 0.3 is 0 Å². The molecule has 0 bridgehead atoms. The number of fused-ring (bicyclic) bond motifs is 1. The normalized spacial score (nSPS) is 12.7. The van der Waals surface area contributed by atoms with E-state index in [0.717, 1.165) is 16.3 Å². The van der Waals surface area contributed by atoms with Crippen molar-refractivity contribution in [3.8, 4) is 5.82 Å². The van der Waals surface area contributed by atoms with Gasteiger partial charge in [-0.15, -0.1) is 0 Å². The van der Waals surface area contributed by atoms with Gasteiger partial charge in [-0.1, -0.05) is 50.2 Å². The SMILES string of the molecule is CC(C)[C@@H](NS(=O)(=O)c1ccc2ccccc2c1)C(=O)NCc1cccnc1-n1cccn1. The minimum absolute atomic E-state index is 0.118. The molecule has 2 heterocycles. The number of benzene rings is 2. The first-order valence-corrected chi connectivity index (χ1v) is 12.1. The van der Waals surface area contributed by atoms with Crippen LogP contribution in [0, 0.1) is 5.92 Å². The lowest BCUT2D eigenvalue weighted by atomic mass is 10.0. The van der Waals surface area contributed by atoms with Gasteiger partial charge < -0.3 is 5.32 Å². The quantitative estimate of drug-likeness (QED) is 0.418. The average molecular weight is 464 g/mol. The Bertz CT molecular complexity index is 1370. The second kappa shape index (κ2) is 9.51. The zero-order valence-corrected chi connectivity index (χ0v) is 19.2. The van der Waals surface area contributed by atoms with Gasteiger partial charge in [0.1, 0.15) is 6.04 Å². The molecule has 0 spiro atoms. The summed E-state index contributed by atoms with van der Waals surface area (Å²) in [6.45, 7) is 3.78. The fraction of sp³-hybridized carbons (Fsp3) is 0.208. The number of hydrogen-bond donors (Lipinski definition) is 2. The highest BCUT2D eigenvalue weighted by Gasteiger charge is 2.28. The number of pyridine rings is 1. The maximum atomic E-state index is 13.1. The lowest BCUT2D eigenvalue weighted by molar-refractivity contribution is -0.123. The van der Waals surface area contributed by atoms with Crippen molar-refractivity contribution in [3.63, 3.8) is 0 Å². The number of rotatable bonds is 8. The predicted octanol–water partition coefficient (Wildman–Crippen LogP) is 3.04. The number of carbonyl (C=O) groups is 1. The van der Waals surface area contributed by atoms with Crippen molar-refractivity contribution in [2.24, 2.45) is 5.92 Å². The molecule has 4 aromatic rings. The summed E-state index contributed by atoms with van der Waals surface area (Å²) in [6, 6.07) is 16.9. The maximum Gasteiger partial charge on any atom is 0.241 e. The van der Waals surface area contributed by atoms with E-state index in [1.54, 1.807) is 67.5 Å². The van der Waals surface area contributed by atoms with E-state index in [0.29, 0.717) is 5.82 Å². The number of carbonyl (C=O) groups excluding carboxylic acids is 1. The second-order valence-corrected chi connectivity index (χ2v) is 9.72. The molecule has 0 saturated carbocycles. The summed E-state index contributed by atoms with van der Waals surface area (Å²) in [5.41, 5.74) is 0.759. The number of aromatic nitrogens is 3. The van der Waals surface area contributed by atoms with Crippen molar-refractivity contribution in [2.75, 3.05) is 0 Å². The van der Waals surface area contributed by atoms with Gasteiger partial charge in [0.05, 0.1) is 4.90 Å². The van der Waals surface area contributed by atoms with E-state index in [2.05, 4.69) is 20.1 Å². The lowest BCUT2D eigenvalue weighted by Crippen LogP contribution is -2.49. The van der Waals surface area contributed by atoms with Crippen molar-refractivity contribution in [2.45, 2.75) is 31.3 Å². The van der Waals surface area contributed by atoms with E-state index in [4.69, 9.17) is 0 Å². The molecule has 9 heteroatoms. The molecule has 2 aromatic heterocycles. The minimum Gasteiger partial charge on any atom is -0.350 e. The van der Waals surface area contributed by atoms with E-state index >= 15 is 0 Å². The summed E-state index contributed by atoms with van der Waals surface area (Å²) in [7, 11) is -3.90. The number of nitrogens with one attached hydrogen (secondary N) is 2. The zero-order chi connectivity index (χ0) is 23.4. The molecule has 0 aliphatic rings. The Hall–Kier alpha value is -3.56. The molecule has 1 atom stereocenters. The highest BCUT2D eigenvalue weighted by molar-refractivity contribution is 7.89. The molecule has 2 aromatic carbocycles. The van der Waals surface area contributed by atoms with E-state index in [-0.39, 0.29) is 17.4 Å². The standard InChI is InChI=1S/C24H25N5O3S/c1-17(2)22(28-33(31,32)21-11-10-18-7-3-4-8-19(18)15-21)24(30)26-16-20-9-5-12-25-23(20)29-14-6-13-27-29/h3-15,17,22,28H,16H2,1-2H3,(H,26,30)/t22-/m1/s1. The molecule has 1 amide bonds. The van der Waals surface area contributed by atoms with Crippen molar-refractivity contribution in [1.29, 1.82) is 0 Å². The third kappa shape index (κ3) is 5.10. The van der Waals surface area contributed by atoms with Crippen LogP contribution in [0.2, 0.25) is 0 Å². The first-order chi connectivity index (χ1) is 15.8. The van der Waals surface area contributed by atoms with Crippen molar-refractivity contribution < 1.29 is 13.2 Å². The van der Waals surface area contributed by atoms with E-state index in [1.165, 1.54) is 0 Å². The van der Waals surface area contributed by atoms with Crippen LogP contribution in [0.5, 0.6) is 0 Å². The molecular weight excluding hydrogens is 438 g/mol. The third-order valence-corrected chi connectivity index (χ3v) is 6.74. The van der Waals surface area contributed by atoms with Gasteiger partial charge in [0.15, 0.2) is 5.82 Å². The monoisotopic (exact) mass is 463 g/mol. The molecule has 8 nitrogen and oxygen atoms in total. The van der Waals surface area contributed by atoms with Crippen LogP contribution in [0.3, 0.4) is 0 Å². The molecule has 0 unspecified atom stereocenters. The average Bonchev–Trinajstić information content (AvgIpc) is 3.35. The summed E-state index contributed by atoms with van der Waals surface area (Å²) < 4.78 is 30.3. The lowest BCUT2D eigenvalue weighted by Gasteiger charge is -2.22.